The van der Waals surface area contributed by atoms with Crippen LogP contribution in [0.5, 0.6) is 0 Å². The van der Waals surface area contributed by atoms with Crippen LogP contribution in [0.15, 0.2) is 54.7 Å². The minimum atomic E-state index is -0.181. The molecule has 3 rings (SSSR count). The Morgan fingerprint density at radius 2 is 1.61 bits per heavy atom. The summed E-state index contributed by atoms with van der Waals surface area (Å²) < 4.78 is 5.21. The molecule has 0 saturated heterocycles. The molecule has 0 unspecified atom stereocenters. The van der Waals surface area contributed by atoms with Crippen LogP contribution in [0.4, 0.5) is 5.69 Å². The summed E-state index contributed by atoms with van der Waals surface area (Å²) in [5.41, 5.74) is 6.58. The first-order valence-corrected chi connectivity index (χ1v) is 14.1. The van der Waals surface area contributed by atoms with Crippen LogP contribution in [0.3, 0.4) is 0 Å². The summed E-state index contributed by atoms with van der Waals surface area (Å²) in [6.45, 7) is 17.4. The zero-order chi connectivity index (χ0) is 30.4. The van der Waals surface area contributed by atoms with Crippen molar-refractivity contribution in [2.45, 2.75) is 60.4 Å². The number of ether oxygens (including phenoxy) is 1. The number of carbonyl (C=O) groups excluding carboxylic acids is 2. The minimum Gasteiger partial charge on any atom is -0.383 e. The molecule has 0 saturated carbocycles. The summed E-state index contributed by atoms with van der Waals surface area (Å²) in [6, 6.07) is 15.5. The molecule has 220 valence electrons. The molecule has 0 aliphatic carbocycles. The summed E-state index contributed by atoms with van der Waals surface area (Å²) in [4.78, 5) is 32.8. The fourth-order valence-electron chi connectivity index (χ4n) is 4.33. The third-order valence-electron chi connectivity index (χ3n) is 6.83. The quantitative estimate of drug-likeness (QED) is 0.298. The van der Waals surface area contributed by atoms with Crippen molar-refractivity contribution in [1.29, 1.82) is 0 Å². The zero-order valence-electron chi connectivity index (χ0n) is 26.1. The van der Waals surface area contributed by atoms with E-state index in [1.54, 1.807) is 13.3 Å². The highest BCUT2D eigenvalue weighted by atomic mass is 16.5. The predicted molar refractivity (Wildman–Crippen MR) is 168 cm³/mol. The number of carbonyl (C=O) groups is 2. The maximum atomic E-state index is 13.5. The van der Waals surface area contributed by atoms with Crippen LogP contribution in [0.25, 0.3) is 11.1 Å². The van der Waals surface area contributed by atoms with E-state index in [-0.39, 0.29) is 22.6 Å². The Morgan fingerprint density at radius 1 is 0.927 bits per heavy atom. The van der Waals surface area contributed by atoms with Gasteiger partial charge < -0.3 is 15.4 Å². The van der Waals surface area contributed by atoms with Gasteiger partial charge in [-0.2, -0.15) is 0 Å². The molecule has 0 aliphatic heterocycles. The van der Waals surface area contributed by atoms with Gasteiger partial charge in [0.15, 0.2) is 0 Å². The highest BCUT2D eigenvalue weighted by Crippen LogP contribution is 2.28. The van der Waals surface area contributed by atoms with E-state index in [0.717, 1.165) is 34.5 Å². The summed E-state index contributed by atoms with van der Waals surface area (Å²) in [5, 5.41) is 6.04. The lowest BCUT2D eigenvalue weighted by Crippen LogP contribution is -2.32. The monoisotopic (exact) mass is 558 g/mol. The first-order valence-electron chi connectivity index (χ1n) is 14.1. The number of nitrogens with zero attached hydrogens (tertiary/aromatic N) is 2. The van der Waals surface area contributed by atoms with Crippen LogP contribution in [0.2, 0.25) is 0 Å². The SMILES string of the molecule is COCCN(C)Cc1cc(C(=O)Nc2cnc(C)c(-c3ccc(C(=O)NCC(C)(C)C)cc3)c2)cc(C(C)(C)C)c1. The van der Waals surface area contributed by atoms with E-state index < -0.39 is 0 Å². The van der Waals surface area contributed by atoms with Crippen molar-refractivity contribution in [1.82, 2.24) is 15.2 Å². The molecule has 41 heavy (non-hydrogen) atoms. The number of hydrogen-bond donors (Lipinski definition) is 2. The lowest BCUT2D eigenvalue weighted by atomic mass is 9.85. The Kier molecular flexibility index (Phi) is 10.5. The van der Waals surface area contributed by atoms with Gasteiger partial charge in [0.2, 0.25) is 0 Å². The first-order chi connectivity index (χ1) is 19.2. The van der Waals surface area contributed by atoms with Gasteiger partial charge in [-0.3, -0.25) is 19.5 Å². The van der Waals surface area contributed by atoms with Crippen molar-refractivity contribution in [3.8, 4) is 11.1 Å². The molecule has 2 amide bonds. The number of nitrogens with one attached hydrogen (secondary N) is 2. The second-order valence-electron chi connectivity index (χ2n) is 13.0. The van der Waals surface area contributed by atoms with Gasteiger partial charge in [0, 0.05) is 49.1 Å². The van der Waals surface area contributed by atoms with Crippen molar-refractivity contribution in [2.24, 2.45) is 5.41 Å². The standard InChI is InChI=1S/C34H46N4O3/c1-23-30(25-10-12-26(13-11-25)31(39)36-22-33(2,3)4)19-29(20-35-23)37-32(40)27-16-24(21-38(8)14-15-41-9)17-28(18-27)34(5,6)7/h10-13,16-20H,14-15,21-22H2,1-9H3,(H,36,39)(H,37,40). The average Bonchev–Trinajstić information content (AvgIpc) is 2.90. The molecule has 0 fully saturated rings. The van der Waals surface area contributed by atoms with Crippen molar-refractivity contribution < 1.29 is 14.3 Å². The highest BCUT2D eigenvalue weighted by molar-refractivity contribution is 6.04. The van der Waals surface area contributed by atoms with Gasteiger partial charge in [-0.1, -0.05) is 59.7 Å². The number of hydrogen-bond acceptors (Lipinski definition) is 5. The lowest BCUT2D eigenvalue weighted by molar-refractivity contribution is 0.0938. The van der Waals surface area contributed by atoms with Crippen molar-refractivity contribution in [3.63, 3.8) is 0 Å². The molecule has 2 N–H and O–H groups in total. The van der Waals surface area contributed by atoms with Gasteiger partial charge in [-0.05, 0) is 71.8 Å². The summed E-state index contributed by atoms with van der Waals surface area (Å²) in [7, 11) is 3.75. The predicted octanol–water partition coefficient (Wildman–Crippen LogP) is 6.46. The second-order valence-corrected chi connectivity index (χ2v) is 13.0. The molecule has 0 atom stereocenters. The van der Waals surface area contributed by atoms with Crippen LogP contribution in [-0.2, 0) is 16.7 Å². The Hall–Kier alpha value is -3.55. The van der Waals surface area contributed by atoms with Crippen LogP contribution >= 0.6 is 0 Å². The van der Waals surface area contributed by atoms with Crippen molar-refractivity contribution in [3.05, 3.63) is 82.7 Å². The summed E-state index contributed by atoms with van der Waals surface area (Å²) in [5.74, 6) is -0.275. The Morgan fingerprint density at radius 3 is 2.22 bits per heavy atom. The third-order valence-corrected chi connectivity index (χ3v) is 6.83. The Labute approximate surface area is 245 Å². The molecule has 7 heteroatoms. The highest BCUT2D eigenvalue weighted by Gasteiger charge is 2.19. The molecule has 1 aromatic heterocycles. The third kappa shape index (κ3) is 9.51. The van der Waals surface area contributed by atoms with Crippen LogP contribution in [0.1, 0.15) is 79.1 Å². The minimum absolute atomic E-state index is 0.0132. The number of methoxy groups -OCH3 is 1. The normalized spacial score (nSPS) is 12.0. The van der Waals surface area contributed by atoms with Crippen LogP contribution in [-0.4, -0.2) is 55.6 Å². The average molecular weight is 559 g/mol. The molecule has 0 spiro atoms. The van der Waals surface area contributed by atoms with Gasteiger partial charge in [0.25, 0.3) is 11.8 Å². The maximum Gasteiger partial charge on any atom is 0.255 e. The van der Waals surface area contributed by atoms with E-state index in [1.807, 2.05) is 56.4 Å². The summed E-state index contributed by atoms with van der Waals surface area (Å²) >= 11 is 0. The van der Waals surface area contributed by atoms with E-state index in [4.69, 9.17) is 4.74 Å². The molecule has 0 aliphatic rings. The number of benzene rings is 2. The zero-order valence-corrected chi connectivity index (χ0v) is 26.1. The van der Waals surface area contributed by atoms with Gasteiger partial charge in [-0.25, -0.2) is 0 Å². The largest absolute Gasteiger partial charge is 0.383 e. The second kappa shape index (κ2) is 13.4. The molecular formula is C34H46N4O3. The van der Waals surface area contributed by atoms with E-state index in [0.29, 0.717) is 36.5 Å². The first kappa shape index (κ1) is 32.0. The van der Waals surface area contributed by atoms with Crippen molar-refractivity contribution >= 4 is 17.5 Å². The number of rotatable bonds is 10. The Bertz CT molecular complexity index is 1350. The van der Waals surface area contributed by atoms with E-state index in [2.05, 4.69) is 68.1 Å². The number of likely N-dealkylation sites (N-methyl/N-ethyl adjacent to an activating group) is 1. The molecule has 0 radical (unpaired) electrons. The van der Waals surface area contributed by atoms with Crippen LogP contribution < -0.4 is 10.6 Å². The van der Waals surface area contributed by atoms with Crippen LogP contribution in [0, 0.1) is 12.3 Å². The number of amides is 2. The molecule has 0 bridgehead atoms. The smallest absolute Gasteiger partial charge is 0.255 e. The van der Waals surface area contributed by atoms with E-state index >= 15 is 0 Å². The van der Waals surface area contributed by atoms with Gasteiger partial charge in [0.1, 0.15) is 0 Å². The maximum absolute atomic E-state index is 13.5. The fourth-order valence-corrected chi connectivity index (χ4v) is 4.33. The van der Waals surface area contributed by atoms with E-state index in [1.165, 1.54) is 0 Å². The number of anilines is 1. The van der Waals surface area contributed by atoms with Gasteiger partial charge in [-0.15, -0.1) is 0 Å². The van der Waals surface area contributed by atoms with Crippen molar-refractivity contribution in [2.75, 3.05) is 39.2 Å². The number of pyridine rings is 1. The molecule has 3 aromatic rings. The summed E-state index contributed by atoms with van der Waals surface area (Å²) in [6.07, 6.45) is 1.68. The molecule has 7 nitrogen and oxygen atoms in total. The van der Waals surface area contributed by atoms with Gasteiger partial charge in [0.05, 0.1) is 18.5 Å². The topological polar surface area (TPSA) is 83.6 Å². The molecular weight excluding hydrogens is 512 g/mol. The number of aryl methyl sites for hydroxylation is 1. The van der Waals surface area contributed by atoms with Gasteiger partial charge >= 0.3 is 0 Å². The fraction of sp³-hybridized carbons (Fsp3) is 0.441. The molecule has 2 aromatic carbocycles. The molecule has 1 heterocycles. The Balaban J connectivity index is 1.82. The number of aromatic nitrogens is 1. The van der Waals surface area contributed by atoms with E-state index in [9.17, 15) is 9.59 Å². The lowest BCUT2D eigenvalue weighted by Gasteiger charge is -2.23.